The average molecular weight is 389 g/mol. The molecule has 7 heteroatoms. The van der Waals surface area contributed by atoms with Crippen LogP contribution in [0.4, 0.5) is 10.1 Å². The number of hydrogen-bond donors (Lipinski definition) is 1. The molecular formula is C22H20FN5O. The number of para-hydroxylation sites is 1. The van der Waals surface area contributed by atoms with E-state index in [-0.39, 0.29) is 18.0 Å². The number of amides is 1. The number of hydrogen-bond acceptors (Lipinski definition) is 4. The number of nitrogens with zero attached hydrogens (tertiary/aromatic N) is 4. The first-order chi connectivity index (χ1) is 13.9. The Morgan fingerprint density at radius 1 is 1.03 bits per heavy atom. The van der Waals surface area contributed by atoms with Crippen molar-refractivity contribution in [3.05, 3.63) is 76.9 Å². The fourth-order valence-electron chi connectivity index (χ4n) is 3.32. The van der Waals surface area contributed by atoms with Gasteiger partial charge in [-0.25, -0.2) is 13.9 Å². The highest BCUT2D eigenvalue weighted by Crippen LogP contribution is 2.22. The third-order valence-electron chi connectivity index (χ3n) is 4.92. The summed E-state index contributed by atoms with van der Waals surface area (Å²) in [5.41, 5.74) is 4.39. The van der Waals surface area contributed by atoms with Gasteiger partial charge in [0, 0.05) is 22.5 Å². The van der Waals surface area contributed by atoms with Gasteiger partial charge in [0.1, 0.15) is 5.82 Å². The van der Waals surface area contributed by atoms with Crippen LogP contribution in [0.3, 0.4) is 0 Å². The van der Waals surface area contributed by atoms with Gasteiger partial charge in [-0.1, -0.05) is 36.4 Å². The van der Waals surface area contributed by atoms with Crippen molar-refractivity contribution in [2.24, 2.45) is 0 Å². The molecule has 0 fully saturated rings. The Hall–Kier alpha value is -3.61. The first-order valence-electron chi connectivity index (χ1n) is 9.27. The maximum atomic E-state index is 13.8. The minimum Gasteiger partial charge on any atom is -0.323 e. The Kier molecular flexibility index (Phi) is 4.80. The third-order valence-corrected chi connectivity index (χ3v) is 4.92. The van der Waals surface area contributed by atoms with E-state index < -0.39 is 5.82 Å². The van der Waals surface area contributed by atoms with Crippen molar-refractivity contribution in [2.45, 2.75) is 27.2 Å². The molecule has 6 nitrogen and oxygen atoms in total. The molecule has 2 aromatic heterocycles. The van der Waals surface area contributed by atoms with E-state index >= 15 is 0 Å². The summed E-state index contributed by atoms with van der Waals surface area (Å²) < 4.78 is 15.5. The van der Waals surface area contributed by atoms with Gasteiger partial charge in [0.05, 0.1) is 12.1 Å². The van der Waals surface area contributed by atoms with Crippen LogP contribution in [0, 0.1) is 26.6 Å². The number of aryl methyl sites for hydroxylation is 3. The highest BCUT2D eigenvalue weighted by atomic mass is 19.1. The van der Waals surface area contributed by atoms with Crippen molar-refractivity contribution in [1.29, 1.82) is 0 Å². The molecule has 0 spiro atoms. The van der Waals surface area contributed by atoms with Gasteiger partial charge in [-0.2, -0.15) is 4.98 Å². The minimum absolute atomic E-state index is 0.0640. The highest BCUT2D eigenvalue weighted by Gasteiger charge is 2.18. The van der Waals surface area contributed by atoms with Crippen LogP contribution in [-0.4, -0.2) is 25.5 Å². The summed E-state index contributed by atoms with van der Waals surface area (Å²) in [7, 11) is 0. The molecule has 2 aromatic carbocycles. The van der Waals surface area contributed by atoms with Gasteiger partial charge in [0.2, 0.25) is 5.91 Å². The maximum Gasteiger partial charge on any atom is 0.253 e. The number of carbonyl (C=O) groups excluding carboxylic acids is 1. The Bertz CT molecular complexity index is 1230. The Morgan fingerprint density at radius 3 is 2.52 bits per heavy atom. The topological polar surface area (TPSA) is 72.2 Å². The molecule has 29 heavy (non-hydrogen) atoms. The summed E-state index contributed by atoms with van der Waals surface area (Å²) in [5, 5.41) is 7.21. The Labute approximate surface area is 167 Å². The van der Waals surface area contributed by atoms with Gasteiger partial charge in [-0.3, -0.25) is 4.79 Å². The van der Waals surface area contributed by atoms with Crippen LogP contribution in [0.15, 0.2) is 48.5 Å². The molecule has 146 valence electrons. The highest BCUT2D eigenvalue weighted by molar-refractivity contribution is 5.92. The van der Waals surface area contributed by atoms with Crippen LogP contribution in [0.5, 0.6) is 0 Å². The van der Waals surface area contributed by atoms with Gasteiger partial charge >= 0.3 is 0 Å². The fraction of sp³-hybridized carbons (Fsp3) is 0.182. The van der Waals surface area contributed by atoms with E-state index in [1.807, 2.05) is 45.0 Å². The van der Waals surface area contributed by atoms with E-state index in [0.717, 1.165) is 22.4 Å². The monoisotopic (exact) mass is 389 g/mol. The number of aromatic nitrogens is 4. The van der Waals surface area contributed by atoms with Crippen molar-refractivity contribution >= 4 is 17.4 Å². The van der Waals surface area contributed by atoms with Gasteiger partial charge in [0.15, 0.2) is 5.82 Å². The van der Waals surface area contributed by atoms with Crippen LogP contribution in [0.2, 0.25) is 0 Å². The van der Waals surface area contributed by atoms with E-state index in [1.54, 1.807) is 16.6 Å². The molecule has 1 amide bonds. The van der Waals surface area contributed by atoms with Crippen molar-refractivity contribution < 1.29 is 9.18 Å². The summed E-state index contributed by atoms with van der Waals surface area (Å²) >= 11 is 0. The molecule has 0 unspecified atom stereocenters. The molecular weight excluding hydrogens is 369 g/mol. The van der Waals surface area contributed by atoms with Gasteiger partial charge in [-0.15, -0.1) is 5.10 Å². The Balaban J connectivity index is 1.67. The number of fused-ring (bicyclic) bond motifs is 1. The van der Waals surface area contributed by atoms with E-state index in [0.29, 0.717) is 17.3 Å². The van der Waals surface area contributed by atoms with Crippen LogP contribution < -0.4 is 5.32 Å². The fourth-order valence-corrected chi connectivity index (χ4v) is 3.32. The average Bonchev–Trinajstić information content (AvgIpc) is 3.11. The molecule has 1 N–H and O–H groups in total. The van der Waals surface area contributed by atoms with Gasteiger partial charge in [-0.05, 0) is 38.5 Å². The van der Waals surface area contributed by atoms with E-state index in [1.165, 1.54) is 12.1 Å². The largest absolute Gasteiger partial charge is 0.323 e. The normalized spacial score (nSPS) is 11.0. The maximum absolute atomic E-state index is 13.8. The number of anilines is 1. The lowest BCUT2D eigenvalue weighted by Gasteiger charge is -2.11. The summed E-state index contributed by atoms with van der Waals surface area (Å²) in [6, 6.07) is 14.0. The molecule has 0 bridgehead atoms. The molecule has 4 aromatic rings. The second-order valence-corrected chi connectivity index (χ2v) is 6.93. The summed E-state index contributed by atoms with van der Waals surface area (Å²) in [6.07, 6.45) is 0.0640. The molecule has 0 aliphatic rings. The smallest absolute Gasteiger partial charge is 0.253 e. The molecule has 0 aliphatic heterocycles. The standard InChI is InChI=1S/C22H20FN5O/c1-13-8-4-5-9-16(13)21-26-22-24-14(2)17(15(3)28(22)27-21)12-20(29)25-19-11-7-6-10-18(19)23/h4-11H,12H2,1-3H3,(H,25,29). The van der Waals surface area contributed by atoms with Crippen LogP contribution in [0.1, 0.15) is 22.5 Å². The van der Waals surface area contributed by atoms with Gasteiger partial charge in [0.25, 0.3) is 5.78 Å². The predicted molar refractivity (Wildman–Crippen MR) is 109 cm³/mol. The zero-order valence-electron chi connectivity index (χ0n) is 16.4. The lowest BCUT2D eigenvalue weighted by Crippen LogP contribution is -2.18. The van der Waals surface area contributed by atoms with Gasteiger partial charge < -0.3 is 5.32 Å². The lowest BCUT2D eigenvalue weighted by atomic mass is 10.1. The number of carbonyl (C=O) groups is 1. The van der Waals surface area contributed by atoms with Crippen LogP contribution in [0.25, 0.3) is 17.2 Å². The second-order valence-electron chi connectivity index (χ2n) is 6.93. The molecule has 0 radical (unpaired) electrons. The quantitative estimate of drug-likeness (QED) is 0.572. The minimum atomic E-state index is -0.470. The summed E-state index contributed by atoms with van der Waals surface area (Å²) in [6.45, 7) is 5.72. The number of benzene rings is 2. The van der Waals surface area contributed by atoms with E-state index in [4.69, 9.17) is 0 Å². The summed E-state index contributed by atoms with van der Waals surface area (Å²) in [5.74, 6) is 0.284. The molecule has 4 rings (SSSR count). The number of halogens is 1. The predicted octanol–water partition coefficient (Wildman–Crippen LogP) is 4.04. The van der Waals surface area contributed by atoms with Crippen LogP contribution in [-0.2, 0) is 11.2 Å². The first-order valence-corrected chi connectivity index (χ1v) is 9.27. The lowest BCUT2D eigenvalue weighted by molar-refractivity contribution is -0.115. The zero-order chi connectivity index (χ0) is 20.5. The first kappa shape index (κ1) is 18.7. The van der Waals surface area contributed by atoms with Crippen LogP contribution >= 0.6 is 0 Å². The SMILES string of the molecule is Cc1ccccc1-c1nc2nc(C)c(CC(=O)Nc3ccccc3F)c(C)n2n1. The van der Waals surface area contributed by atoms with Crippen molar-refractivity contribution in [3.63, 3.8) is 0 Å². The van der Waals surface area contributed by atoms with Crippen molar-refractivity contribution in [3.8, 4) is 11.4 Å². The second kappa shape index (κ2) is 7.43. The zero-order valence-corrected chi connectivity index (χ0v) is 16.4. The molecule has 0 atom stereocenters. The Morgan fingerprint density at radius 2 is 1.76 bits per heavy atom. The molecule has 2 heterocycles. The van der Waals surface area contributed by atoms with E-state index in [2.05, 4.69) is 20.4 Å². The summed E-state index contributed by atoms with van der Waals surface area (Å²) in [4.78, 5) is 21.6. The number of rotatable bonds is 4. The van der Waals surface area contributed by atoms with Crippen molar-refractivity contribution in [2.75, 3.05) is 5.32 Å². The van der Waals surface area contributed by atoms with Crippen molar-refractivity contribution in [1.82, 2.24) is 19.6 Å². The number of nitrogens with one attached hydrogen (secondary N) is 1. The van der Waals surface area contributed by atoms with E-state index in [9.17, 15) is 9.18 Å². The molecule has 0 saturated carbocycles. The molecule has 0 aliphatic carbocycles. The third kappa shape index (κ3) is 3.59. The molecule has 0 saturated heterocycles.